The first-order valence-corrected chi connectivity index (χ1v) is 6.35. The van der Waals surface area contributed by atoms with Gasteiger partial charge in [-0.1, -0.05) is 0 Å². The first-order valence-electron chi connectivity index (χ1n) is 5.47. The van der Waals surface area contributed by atoms with Gasteiger partial charge in [0.2, 0.25) is 5.91 Å². The van der Waals surface area contributed by atoms with Gasteiger partial charge in [0.25, 0.3) is 0 Å². The van der Waals surface area contributed by atoms with E-state index in [0.717, 1.165) is 6.54 Å². The molecule has 0 aliphatic carbocycles. The van der Waals surface area contributed by atoms with Crippen molar-refractivity contribution in [3.8, 4) is 0 Å². The lowest BCUT2D eigenvalue weighted by atomic mass is 10.2. The first kappa shape index (κ1) is 13.2. The lowest BCUT2D eigenvalue weighted by Gasteiger charge is -2.16. The molecule has 0 radical (unpaired) electrons. The smallest absolute Gasteiger partial charge is 0.223 e. The molecule has 0 saturated heterocycles. The zero-order chi connectivity index (χ0) is 12.1. The third kappa shape index (κ3) is 3.94. The Bertz CT molecular complexity index is 347. The second-order valence-electron chi connectivity index (χ2n) is 4.30. The van der Waals surface area contributed by atoms with E-state index in [2.05, 4.69) is 23.7 Å². The molecule has 0 aliphatic heterocycles. The van der Waals surface area contributed by atoms with Gasteiger partial charge >= 0.3 is 0 Å². The fourth-order valence-electron chi connectivity index (χ4n) is 1.37. The Morgan fingerprint density at radius 1 is 1.56 bits per heavy atom. The topological polar surface area (TPSA) is 32.3 Å². The number of carbonyl (C=O) groups is 1. The van der Waals surface area contributed by atoms with Crippen LogP contribution in [0.5, 0.6) is 0 Å². The van der Waals surface area contributed by atoms with Gasteiger partial charge in [0.15, 0.2) is 0 Å². The Balaban J connectivity index is 2.33. The van der Waals surface area contributed by atoms with Crippen LogP contribution in [0.15, 0.2) is 11.4 Å². The van der Waals surface area contributed by atoms with Crippen molar-refractivity contribution in [2.75, 3.05) is 14.1 Å². The zero-order valence-electron chi connectivity index (χ0n) is 10.4. The van der Waals surface area contributed by atoms with Gasteiger partial charge in [0, 0.05) is 38.0 Å². The first-order chi connectivity index (χ1) is 7.50. The van der Waals surface area contributed by atoms with Gasteiger partial charge < -0.3 is 10.2 Å². The summed E-state index contributed by atoms with van der Waals surface area (Å²) in [6.45, 7) is 5.01. The van der Waals surface area contributed by atoms with E-state index in [-0.39, 0.29) is 11.9 Å². The molecule has 0 saturated carbocycles. The van der Waals surface area contributed by atoms with Gasteiger partial charge in [-0.05, 0) is 30.9 Å². The summed E-state index contributed by atoms with van der Waals surface area (Å²) in [5.41, 5.74) is 1.32. The second-order valence-corrected chi connectivity index (χ2v) is 5.30. The predicted octanol–water partition coefficient (Wildman–Crippen LogP) is 2.01. The van der Waals surface area contributed by atoms with Gasteiger partial charge in [-0.25, -0.2) is 0 Å². The van der Waals surface area contributed by atoms with Crippen LogP contribution < -0.4 is 5.32 Å². The summed E-state index contributed by atoms with van der Waals surface area (Å²) < 4.78 is 0. The molecular weight excluding hydrogens is 220 g/mol. The van der Waals surface area contributed by atoms with Crippen molar-refractivity contribution in [3.63, 3.8) is 0 Å². The number of amides is 1. The molecule has 0 bridgehead atoms. The summed E-state index contributed by atoms with van der Waals surface area (Å²) in [4.78, 5) is 14.5. The normalized spacial score (nSPS) is 12.5. The summed E-state index contributed by atoms with van der Waals surface area (Å²) in [5, 5.41) is 5.47. The van der Waals surface area contributed by atoms with Crippen molar-refractivity contribution in [3.05, 3.63) is 21.9 Å². The van der Waals surface area contributed by atoms with Crippen LogP contribution in [0.4, 0.5) is 0 Å². The highest BCUT2D eigenvalue weighted by Gasteiger charge is 2.10. The zero-order valence-corrected chi connectivity index (χ0v) is 11.2. The van der Waals surface area contributed by atoms with Crippen LogP contribution in [0.25, 0.3) is 0 Å². The fourth-order valence-corrected chi connectivity index (χ4v) is 2.23. The molecule has 90 valence electrons. The van der Waals surface area contributed by atoms with Gasteiger partial charge in [-0.2, -0.15) is 0 Å². The standard InChI is InChI=1S/C12H20N2OS/c1-9-5-6-16-11(9)8-13-10(2)7-12(15)14(3)4/h5-6,10,13H,7-8H2,1-4H3. The van der Waals surface area contributed by atoms with Crippen molar-refractivity contribution in [2.45, 2.75) is 32.9 Å². The van der Waals surface area contributed by atoms with E-state index >= 15 is 0 Å². The van der Waals surface area contributed by atoms with E-state index in [0.29, 0.717) is 6.42 Å². The molecule has 1 aromatic rings. The highest BCUT2D eigenvalue weighted by atomic mass is 32.1. The molecule has 16 heavy (non-hydrogen) atoms. The molecule has 0 aromatic carbocycles. The number of carbonyl (C=O) groups excluding carboxylic acids is 1. The van der Waals surface area contributed by atoms with Crippen molar-refractivity contribution in [1.29, 1.82) is 0 Å². The Labute approximate surface area is 101 Å². The molecule has 0 aliphatic rings. The number of hydrogen-bond donors (Lipinski definition) is 1. The number of hydrogen-bond acceptors (Lipinski definition) is 3. The van der Waals surface area contributed by atoms with E-state index in [4.69, 9.17) is 0 Å². The Kier molecular flexibility index (Phi) is 4.96. The van der Waals surface area contributed by atoms with Crippen molar-refractivity contribution in [2.24, 2.45) is 0 Å². The molecule has 1 N–H and O–H groups in total. The van der Waals surface area contributed by atoms with Gasteiger partial charge in [0.1, 0.15) is 0 Å². The molecule has 0 spiro atoms. The quantitative estimate of drug-likeness (QED) is 0.854. The summed E-state index contributed by atoms with van der Waals surface area (Å²) in [6, 6.07) is 2.34. The van der Waals surface area contributed by atoms with Gasteiger partial charge in [0.05, 0.1) is 0 Å². The summed E-state index contributed by atoms with van der Waals surface area (Å²) >= 11 is 1.76. The van der Waals surface area contributed by atoms with Crippen LogP contribution in [-0.4, -0.2) is 30.9 Å². The second kappa shape index (κ2) is 6.01. The molecule has 1 unspecified atom stereocenters. The summed E-state index contributed by atoms with van der Waals surface area (Å²) in [5.74, 6) is 0.169. The maximum absolute atomic E-state index is 11.5. The highest BCUT2D eigenvalue weighted by molar-refractivity contribution is 7.10. The number of rotatable bonds is 5. The van der Waals surface area contributed by atoms with Crippen LogP contribution in [-0.2, 0) is 11.3 Å². The van der Waals surface area contributed by atoms with Crippen LogP contribution in [0, 0.1) is 6.92 Å². The van der Waals surface area contributed by atoms with Crippen molar-refractivity contribution in [1.82, 2.24) is 10.2 Å². The van der Waals surface area contributed by atoms with E-state index in [9.17, 15) is 4.79 Å². The van der Waals surface area contributed by atoms with E-state index in [1.807, 2.05) is 6.92 Å². The predicted molar refractivity (Wildman–Crippen MR) is 68.7 cm³/mol. The van der Waals surface area contributed by atoms with Gasteiger partial charge in [-0.15, -0.1) is 11.3 Å². The average Bonchev–Trinajstić information content (AvgIpc) is 2.61. The Morgan fingerprint density at radius 3 is 2.75 bits per heavy atom. The van der Waals surface area contributed by atoms with E-state index in [1.54, 1.807) is 30.3 Å². The van der Waals surface area contributed by atoms with E-state index in [1.165, 1.54) is 10.4 Å². The minimum atomic E-state index is 0.169. The number of aryl methyl sites for hydroxylation is 1. The Hall–Kier alpha value is -0.870. The number of thiophene rings is 1. The summed E-state index contributed by atoms with van der Waals surface area (Å²) in [7, 11) is 3.58. The fraction of sp³-hybridized carbons (Fsp3) is 0.583. The lowest BCUT2D eigenvalue weighted by molar-refractivity contribution is -0.129. The minimum Gasteiger partial charge on any atom is -0.349 e. The number of nitrogens with zero attached hydrogens (tertiary/aromatic N) is 1. The monoisotopic (exact) mass is 240 g/mol. The molecule has 1 amide bonds. The molecular formula is C12H20N2OS. The van der Waals surface area contributed by atoms with Crippen LogP contribution in [0.2, 0.25) is 0 Å². The van der Waals surface area contributed by atoms with Crippen molar-refractivity contribution < 1.29 is 4.79 Å². The average molecular weight is 240 g/mol. The maximum atomic E-state index is 11.5. The van der Waals surface area contributed by atoms with E-state index < -0.39 is 0 Å². The maximum Gasteiger partial charge on any atom is 0.223 e. The van der Waals surface area contributed by atoms with Crippen LogP contribution in [0.3, 0.4) is 0 Å². The molecule has 1 aromatic heterocycles. The molecule has 0 fully saturated rings. The third-order valence-corrected chi connectivity index (χ3v) is 3.58. The summed E-state index contributed by atoms with van der Waals surface area (Å²) in [6.07, 6.45) is 0.553. The lowest BCUT2D eigenvalue weighted by Crippen LogP contribution is -2.32. The molecule has 1 atom stereocenters. The van der Waals surface area contributed by atoms with Crippen LogP contribution >= 0.6 is 11.3 Å². The Morgan fingerprint density at radius 2 is 2.25 bits per heavy atom. The van der Waals surface area contributed by atoms with Crippen molar-refractivity contribution >= 4 is 17.2 Å². The molecule has 1 rings (SSSR count). The highest BCUT2D eigenvalue weighted by Crippen LogP contribution is 2.15. The molecule has 4 heteroatoms. The third-order valence-electron chi connectivity index (χ3n) is 2.56. The molecule has 3 nitrogen and oxygen atoms in total. The largest absolute Gasteiger partial charge is 0.349 e. The number of nitrogens with one attached hydrogen (secondary N) is 1. The minimum absolute atomic E-state index is 0.169. The SMILES string of the molecule is Cc1ccsc1CNC(C)CC(=O)N(C)C. The van der Waals surface area contributed by atoms with Crippen LogP contribution in [0.1, 0.15) is 23.8 Å². The molecule has 1 heterocycles. The van der Waals surface area contributed by atoms with Gasteiger partial charge in [-0.3, -0.25) is 4.79 Å².